The van der Waals surface area contributed by atoms with Crippen molar-refractivity contribution in [3.63, 3.8) is 0 Å². The summed E-state index contributed by atoms with van der Waals surface area (Å²) in [5.41, 5.74) is 10.1. The Kier molecular flexibility index (Phi) is 4.05. The molecule has 0 spiro atoms. The summed E-state index contributed by atoms with van der Waals surface area (Å²) >= 11 is 0. The van der Waals surface area contributed by atoms with E-state index < -0.39 is 52.7 Å². The zero-order valence-corrected chi connectivity index (χ0v) is 24.9. The van der Waals surface area contributed by atoms with Crippen LogP contribution in [0.25, 0.3) is 43.8 Å². The van der Waals surface area contributed by atoms with Gasteiger partial charge in [0, 0.05) is 44.4 Å². The molecule has 12 rings (SSSR count). The van der Waals surface area contributed by atoms with E-state index in [0.717, 1.165) is 66.1 Å². The molecule has 8 aliphatic carbocycles. The molecule has 49 heavy (non-hydrogen) atoms. The molecule has 4 aromatic rings. The van der Waals surface area contributed by atoms with Gasteiger partial charge in [-0.3, -0.25) is 19.2 Å². The molecule has 4 atom stereocenters. The molecule has 1 saturated carbocycles. The van der Waals surface area contributed by atoms with Gasteiger partial charge in [0.25, 0.3) is 0 Å². The topological polar surface area (TPSA) is 186 Å². The average Bonchev–Trinajstić information content (AvgIpc) is 3.30. The van der Waals surface area contributed by atoms with Crippen LogP contribution in [0.4, 0.5) is 0 Å². The zero-order valence-electron chi connectivity index (χ0n) is 24.9. The molecule has 4 unspecified atom stereocenters. The van der Waals surface area contributed by atoms with Crippen LogP contribution in [-0.4, -0.2) is 23.6 Å². The van der Waals surface area contributed by atoms with Crippen LogP contribution in [0.1, 0.15) is 74.2 Å². The van der Waals surface area contributed by atoms with Crippen molar-refractivity contribution < 1.29 is 19.2 Å². The van der Waals surface area contributed by atoms with Gasteiger partial charge in [-0.2, -0.15) is 0 Å². The van der Waals surface area contributed by atoms with Gasteiger partial charge in [0.05, 0.1) is 0 Å². The summed E-state index contributed by atoms with van der Waals surface area (Å²) in [5.74, 6) is -9.51. The van der Waals surface area contributed by atoms with E-state index in [4.69, 9.17) is 0 Å². The molecule has 0 saturated heterocycles. The lowest BCUT2D eigenvalue weighted by molar-refractivity contribution is -0.134. The van der Waals surface area contributed by atoms with Gasteiger partial charge in [-0.15, -0.1) is 19.6 Å². The molecule has 232 valence electrons. The summed E-state index contributed by atoms with van der Waals surface area (Å²) < 4.78 is 0. The molecule has 4 amide bonds. The van der Waals surface area contributed by atoms with Crippen molar-refractivity contribution in [2.24, 2.45) is 38.0 Å². The summed E-state index contributed by atoms with van der Waals surface area (Å²) in [6.45, 7) is 0. The highest BCUT2D eigenvalue weighted by atomic mass is 16.3. The van der Waals surface area contributed by atoms with Crippen LogP contribution in [0.5, 0.6) is 0 Å². The average molecular weight is 645 g/mol. The van der Waals surface area contributed by atoms with E-state index in [1.807, 2.05) is 12.1 Å². The molecule has 12 nitrogen and oxygen atoms in total. The summed E-state index contributed by atoms with van der Waals surface area (Å²) in [6, 6.07) is 10.4. The SMILES string of the molecule is O=NC(=O)C(C(=O)N=O)C1=C2C3=C4CCc5cc6ccc7cc8c9c%10c7c6c(c51)C%10C2c1c3c(cc(c1-9)C8)C1C4C1(C(=O)N=O)C(=O)N=O. The van der Waals surface area contributed by atoms with Gasteiger partial charge in [0.2, 0.25) is 0 Å². The van der Waals surface area contributed by atoms with Crippen molar-refractivity contribution in [3.8, 4) is 11.1 Å². The van der Waals surface area contributed by atoms with E-state index in [2.05, 4.69) is 38.9 Å². The second kappa shape index (κ2) is 7.64. The van der Waals surface area contributed by atoms with Gasteiger partial charge in [-0.25, -0.2) is 0 Å². The third kappa shape index (κ3) is 2.32. The Hall–Kier alpha value is -6.04. The van der Waals surface area contributed by atoms with E-state index in [0.29, 0.717) is 47.1 Å². The Labute approximate surface area is 272 Å². The van der Waals surface area contributed by atoms with E-state index in [-0.39, 0.29) is 11.5 Å². The minimum atomic E-state index is -2.12. The predicted molar refractivity (Wildman–Crippen MR) is 172 cm³/mol. The third-order valence-electron chi connectivity index (χ3n) is 13.2. The first-order valence-corrected chi connectivity index (χ1v) is 16.1. The number of allylic oxidation sites excluding steroid dienone is 3. The van der Waals surface area contributed by atoms with Crippen LogP contribution >= 0.6 is 0 Å². The largest absolute Gasteiger partial charge is 0.303 e. The second-order valence-electron chi connectivity index (χ2n) is 14.5. The fourth-order valence-corrected chi connectivity index (χ4v) is 11.9. The van der Waals surface area contributed by atoms with E-state index in [9.17, 15) is 38.8 Å². The van der Waals surface area contributed by atoms with Crippen molar-refractivity contribution in [2.75, 3.05) is 0 Å². The lowest BCUT2D eigenvalue weighted by atomic mass is 9.62. The van der Waals surface area contributed by atoms with E-state index >= 15 is 0 Å². The summed E-state index contributed by atoms with van der Waals surface area (Å²) in [4.78, 5) is 102. The van der Waals surface area contributed by atoms with Crippen LogP contribution in [-0.2, 0) is 32.0 Å². The number of benzene rings is 4. The highest BCUT2D eigenvalue weighted by Crippen LogP contribution is 2.80. The third-order valence-corrected chi connectivity index (χ3v) is 13.2. The molecule has 8 aliphatic rings. The van der Waals surface area contributed by atoms with E-state index in [1.54, 1.807) is 0 Å². The Balaban J connectivity index is 1.35. The van der Waals surface area contributed by atoms with Crippen LogP contribution in [0.2, 0.25) is 0 Å². The number of carbonyl (C=O) groups is 4. The smallest absolute Gasteiger partial charge is 0.268 e. The molecule has 1 fully saturated rings. The quantitative estimate of drug-likeness (QED) is 0.125. The molecule has 0 radical (unpaired) electrons. The molecule has 0 aromatic heterocycles. The number of amides is 4. The van der Waals surface area contributed by atoms with Crippen molar-refractivity contribution in [3.05, 3.63) is 111 Å². The molecule has 4 aromatic carbocycles. The summed E-state index contributed by atoms with van der Waals surface area (Å²) in [7, 11) is 0. The lowest BCUT2D eigenvalue weighted by Gasteiger charge is -2.40. The maximum atomic E-state index is 13.5. The number of hydrogen-bond acceptors (Lipinski definition) is 8. The molecular formula is C37H16N4O8. The van der Waals surface area contributed by atoms with Gasteiger partial charge in [0.1, 0.15) is 0 Å². The van der Waals surface area contributed by atoms with Gasteiger partial charge >= 0.3 is 23.6 Å². The summed E-state index contributed by atoms with van der Waals surface area (Å²) in [5, 5.41) is 14.8. The Bertz CT molecular complexity index is 2700. The minimum absolute atomic E-state index is 0.203. The molecular weight excluding hydrogens is 628 g/mol. The van der Waals surface area contributed by atoms with Crippen LogP contribution in [0.3, 0.4) is 0 Å². The first-order chi connectivity index (χ1) is 23.8. The molecule has 2 bridgehead atoms. The first-order valence-electron chi connectivity index (χ1n) is 16.1. The highest BCUT2D eigenvalue weighted by Gasteiger charge is 2.79. The number of carbonyl (C=O) groups excluding carboxylic acids is 4. The highest BCUT2D eigenvalue weighted by molar-refractivity contribution is 6.25. The number of fused-ring (bicyclic) bond motifs is 3. The minimum Gasteiger partial charge on any atom is -0.268 e. The van der Waals surface area contributed by atoms with Gasteiger partial charge in [-0.05, 0) is 119 Å². The maximum Gasteiger partial charge on any atom is 0.303 e. The normalized spacial score (nSPS) is 24.5. The Morgan fingerprint density at radius 1 is 0.653 bits per heavy atom. The zero-order chi connectivity index (χ0) is 33.2. The first kappa shape index (κ1) is 26.0. The van der Waals surface area contributed by atoms with Crippen LogP contribution in [0, 0.1) is 36.9 Å². The van der Waals surface area contributed by atoms with Crippen molar-refractivity contribution >= 4 is 56.3 Å². The fourth-order valence-electron chi connectivity index (χ4n) is 11.9. The second-order valence-corrected chi connectivity index (χ2v) is 14.5. The molecule has 0 aliphatic heterocycles. The van der Waals surface area contributed by atoms with Crippen molar-refractivity contribution in [1.29, 1.82) is 0 Å². The molecule has 0 N–H and O–H groups in total. The number of rotatable bonds is 5. The standard InChI is InChI=1S/C37H16N4O8/c42-33(38-46)30(34(43)39-47)26-18-11-3-4-14-21-22-15(32-31(14)37(32,35(44)40-48)36(45)41-49)8-13-7-12-6-10-2-1-9(5-11)16-17(10)24-19(12)20(13)25(22)29(27(21)26)28(24)23(16)18/h1-2,5-6,8,28-32H,3-4,7H2. The Morgan fingerprint density at radius 3 is 1.92 bits per heavy atom. The van der Waals surface area contributed by atoms with Gasteiger partial charge < -0.3 is 0 Å². The van der Waals surface area contributed by atoms with E-state index in [1.165, 1.54) is 5.56 Å². The molecule has 0 heterocycles. The van der Waals surface area contributed by atoms with Crippen LogP contribution < -0.4 is 0 Å². The monoisotopic (exact) mass is 644 g/mol. The molecule has 12 heteroatoms. The number of hydrogen-bond donors (Lipinski definition) is 0. The number of nitrogens with zero attached hydrogens (tertiary/aromatic N) is 4. The van der Waals surface area contributed by atoms with Gasteiger partial charge in [-0.1, -0.05) is 35.9 Å². The van der Waals surface area contributed by atoms with Crippen LogP contribution in [0.15, 0.2) is 62.2 Å². The van der Waals surface area contributed by atoms with Crippen molar-refractivity contribution in [2.45, 2.75) is 37.0 Å². The van der Waals surface area contributed by atoms with Crippen molar-refractivity contribution in [1.82, 2.24) is 0 Å². The number of nitroso groups, excluding NO2 is 4. The maximum absolute atomic E-state index is 13.5. The summed E-state index contributed by atoms with van der Waals surface area (Å²) in [6.07, 6.45) is 1.23. The predicted octanol–water partition coefficient (Wildman–Crippen LogP) is 6.09. The lowest BCUT2D eigenvalue weighted by Crippen LogP contribution is -2.31. The fraction of sp³-hybridized carbons (Fsp3) is 0.243. The van der Waals surface area contributed by atoms with Gasteiger partial charge in [0.15, 0.2) is 11.3 Å². The Morgan fingerprint density at radius 2 is 1.27 bits per heavy atom. The number of aryl methyl sites for hydroxylation is 1.